The fourth-order valence-electron chi connectivity index (χ4n) is 7.21. The molecule has 0 spiro atoms. The maximum atomic E-state index is 14.6. The average molecular weight is 620 g/mol. The van der Waals surface area contributed by atoms with Crippen molar-refractivity contribution in [3.63, 3.8) is 0 Å². The molecule has 0 bridgehead atoms. The summed E-state index contributed by atoms with van der Waals surface area (Å²) in [6, 6.07) is 9.90. The maximum Gasteiger partial charge on any atom is 0.254 e. The second-order valence-electron chi connectivity index (χ2n) is 13.2. The maximum absolute atomic E-state index is 14.6. The molecule has 4 aliphatic rings. The van der Waals surface area contributed by atoms with Gasteiger partial charge in [-0.1, -0.05) is 19.3 Å². The van der Waals surface area contributed by atoms with Gasteiger partial charge in [-0.15, -0.1) is 0 Å². The van der Waals surface area contributed by atoms with Crippen molar-refractivity contribution in [1.29, 1.82) is 0 Å². The summed E-state index contributed by atoms with van der Waals surface area (Å²) in [5.74, 6) is 0.119. The van der Waals surface area contributed by atoms with E-state index in [1.54, 1.807) is 15.9 Å². The van der Waals surface area contributed by atoms with Gasteiger partial charge >= 0.3 is 0 Å². The van der Waals surface area contributed by atoms with Crippen molar-refractivity contribution in [2.75, 3.05) is 64.7 Å². The number of ether oxygens (including phenoxy) is 1. The molecule has 3 aliphatic heterocycles. The van der Waals surface area contributed by atoms with E-state index in [1.807, 2.05) is 25.2 Å². The molecule has 1 saturated carbocycles. The van der Waals surface area contributed by atoms with Crippen molar-refractivity contribution in [3.05, 3.63) is 58.9 Å². The van der Waals surface area contributed by atoms with Gasteiger partial charge in [0.2, 0.25) is 5.91 Å². The van der Waals surface area contributed by atoms with Gasteiger partial charge in [-0.05, 0) is 107 Å². The molecule has 2 N–H and O–H groups in total. The third kappa shape index (κ3) is 7.66. The third-order valence-electron chi connectivity index (χ3n) is 9.97. The zero-order chi connectivity index (χ0) is 31.3. The molecule has 2 aromatic carbocycles. The number of hydrogen-bond donors (Lipinski definition) is 2. The SMILES string of the molecule is CN1CCC(C(=O)Nc2cc(F)cc(C(=O)N3CCN(C(=O)c4ccc(O[C@H]5CCNC5)c(C5CCCCC5)c4)CC3)c2)CC1. The van der Waals surface area contributed by atoms with E-state index in [0.29, 0.717) is 43.3 Å². The van der Waals surface area contributed by atoms with Gasteiger partial charge in [0.05, 0.1) is 0 Å². The summed E-state index contributed by atoms with van der Waals surface area (Å²) in [6.45, 7) is 4.99. The zero-order valence-electron chi connectivity index (χ0n) is 26.4. The molecule has 4 fully saturated rings. The van der Waals surface area contributed by atoms with Crippen LogP contribution in [-0.4, -0.2) is 97.9 Å². The summed E-state index contributed by atoms with van der Waals surface area (Å²) in [4.78, 5) is 45.5. The van der Waals surface area contributed by atoms with Crippen LogP contribution in [0.25, 0.3) is 0 Å². The molecule has 1 aliphatic carbocycles. The Morgan fingerprint density at radius 2 is 1.51 bits per heavy atom. The normalized spacial score (nSPS) is 22.0. The number of rotatable bonds is 7. The highest BCUT2D eigenvalue weighted by Gasteiger charge is 2.29. The van der Waals surface area contributed by atoms with E-state index in [2.05, 4.69) is 15.5 Å². The molecule has 0 unspecified atom stereocenters. The summed E-state index contributed by atoms with van der Waals surface area (Å²) in [5.41, 5.74) is 2.29. The number of carbonyl (C=O) groups excluding carboxylic acids is 3. The summed E-state index contributed by atoms with van der Waals surface area (Å²) in [7, 11) is 2.03. The second kappa shape index (κ2) is 14.3. The predicted molar refractivity (Wildman–Crippen MR) is 171 cm³/mol. The molecule has 0 aromatic heterocycles. The van der Waals surface area contributed by atoms with Crippen molar-refractivity contribution in [1.82, 2.24) is 20.0 Å². The highest BCUT2D eigenvalue weighted by Crippen LogP contribution is 2.39. The van der Waals surface area contributed by atoms with E-state index in [4.69, 9.17) is 4.74 Å². The number of anilines is 1. The van der Waals surface area contributed by atoms with Gasteiger partial charge in [0, 0.05) is 55.5 Å². The molecule has 9 nitrogen and oxygen atoms in total. The molecule has 6 rings (SSSR count). The molecule has 3 amide bonds. The van der Waals surface area contributed by atoms with Gasteiger partial charge in [-0.25, -0.2) is 4.39 Å². The van der Waals surface area contributed by atoms with E-state index >= 15 is 0 Å². The first kappa shape index (κ1) is 31.5. The standard InChI is InChI=1S/C35H46FN5O4/c1-39-13-10-25(11-14-39)33(42)38-29-20-27(19-28(36)22-29)35(44)41-17-15-40(16-18-41)34(43)26-7-8-32(45-30-9-12-37-23-30)31(21-26)24-5-3-2-4-6-24/h7-8,19-22,24-25,30,37H,2-6,9-18,23H2,1H3,(H,38,42)/t30-/m0/s1. The van der Waals surface area contributed by atoms with Crippen LogP contribution in [-0.2, 0) is 4.79 Å². The third-order valence-corrected chi connectivity index (χ3v) is 9.97. The number of likely N-dealkylation sites (tertiary alicyclic amines) is 1. The lowest BCUT2D eigenvalue weighted by molar-refractivity contribution is -0.121. The van der Waals surface area contributed by atoms with Crippen LogP contribution in [0.1, 0.15) is 83.6 Å². The minimum Gasteiger partial charge on any atom is -0.489 e. The number of nitrogens with one attached hydrogen (secondary N) is 2. The Morgan fingerprint density at radius 1 is 0.822 bits per heavy atom. The van der Waals surface area contributed by atoms with Gasteiger partial charge in [-0.2, -0.15) is 0 Å². The molecule has 10 heteroatoms. The molecule has 45 heavy (non-hydrogen) atoms. The molecule has 3 saturated heterocycles. The van der Waals surface area contributed by atoms with E-state index < -0.39 is 5.82 Å². The van der Waals surface area contributed by atoms with Crippen molar-refractivity contribution in [3.8, 4) is 5.75 Å². The van der Waals surface area contributed by atoms with Gasteiger partial charge in [0.1, 0.15) is 17.7 Å². The highest BCUT2D eigenvalue weighted by molar-refractivity contribution is 5.98. The lowest BCUT2D eigenvalue weighted by Gasteiger charge is -2.35. The summed E-state index contributed by atoms with van der Waals surface area (Å²) in [5, 5.41) is 6.19. The number of benzene rings is 2. The van der Waals surface area contributed by atoms with Crippen molar-refractivity contribution in [2.45, 2.75) is 63.4 Å². The Bertz CT molecular complexity index is 1370. The van der Waals surface area contributed by atoms with Crippen LogP contribution in [0.2, 0.25) is 0 Å². The van der Waals surface area contributed by atoms with E-state index in [9.17, 15) is 18.8 Å². The van der Waals surface area contributed by atoms with Crippen molar-refractivity contribution in [2.24, 2.45) is 5.92 Å². The second-order valence-corrected chi connectivity index (χ2v) is 13.2. The number of hydrogen-bond acceptors (Lipinski definition) is 6. The van der Waals surface area contributed by atoms with Crippen LogP contribution in [0.5, 0.6) is 5.75 Å². The van der Waals surface area contributed by atoms with Crippen LogP contribution in [0, 0.1) is 11.7 Å². The number of piperidine rings is 1. The van der Waals surface area contributed by atoms with Crippen LogP contribution in [0.15, 0.2) is 36.4 Å². The highest BCUT2D eigenvalue weighted by atomic mass is 19.1. The van der Waals surface area contributed by atoms with Gasteiger partial charge < -0.3 is 30.1 Å². The number of halogens is 1. The Balaban J connectivity index is 1.08. The zero-order valence-corrected chi connectivity index (χ0v) is 26.4. The number of carbonyl (C=O) groups is 3. The Kier molecular flexibility index (Phi) is 10.00. The molecule has 1 atom stereocenters. The largest absolute Gasteiger partial charge is 0.489 e. The summed E-state index contributed by atoms with van der Waals surface area (Å²) >= 11 is 0. The first-order chi connectivity index (χ1) is 21.8. The number of amides is 3. The first-order valence-electron chi connectivity index (χ1n) is 16.7. The monoisotopic (exact) mass is 619 g/mol. The molecule has 3 heterocycles. The molecular formula is C35H46FN5O4. The predicted octanol–water partition coefficient (Wildman–Crippen LogP) is 4.49. The Labute approximate surface area is 265 Å². The topological polar surface area (TPSA) is 94.2 Å². The van der Waals surface area contributed by atoms with E-state index in [-0.39, 0.29) is 35.3 Å². The quantitative estimate of drug-likeness (QED) is 0.475. The summed E-state index contributed by atoms with van der Waals surface area (Å²) in [6.07, 6.45) is 8.52. The molecular weight excluding hydrogens is 573 g/mol. The molecule has 2 aromatic rings. The fraction of sp³-hybridized carbons (Fsp3) is 0.571. The lowest BCUT2D eigenvalue weighted by Crippen LogP contribution is -2.50. The van der Waals surface area contributed by atoms with Crippen LogP contribution in [0.4, 0.5) is 10.1 Å². The van der Waals surface area contributed by atoms with E-state index in [1.165, 1.54) is 31.4 Å². The lowest BCUT2D eigenvalue weighted by atomic mass is 9.83. The van der Waals surface area contributed by atoms with Gasteiger partial charge in [-0.3, -0.25) is 14.4 Å². The molecule has 242 valence electrons. The van der Waals surface area contributed by atoms with Crippen LogP contribution >= 0.6 is 0 Å². The van der Waals surface area contributed by atoms with Gasteiger partial charge in [0.25, 0.3) is 11.8 Å². The van der Waals surface area contributed by atoms with E-state index in [0.717, 1.165) is 69.6 Å². The summed E-state index contributed by atoms with van der Waals surface area (Å²) < 4.78 is 21.0. The smallest absolute Gasteiger partial charge is 0.254 e. The first-order valence-corrected chi connectivity index (χ1v) is 16.7. The van der Waals surface area contributed by atoms with Crippen LogP contribution < -0.4 is 15.4 Å². The van der Waals surface area contributed by atoms with Crippen molar-refractivity contribution >= 4 is 23.4 Å². The van der Waals surface area contributed by atoms with Gasteiger partial charge in [0.15, 0.2) is 0 Å². The Hall–Kier alpha value is -3.50. The number of piperazine rings is 1. The number of nitrogens with zero attached hydrogens (tertiary/aromatic N) is 3. The Morgan fingerprint density at radius 3 is 2.18 bits per heavy atom. The van der Waals surface area contributed by atoms with Crippen LogP contribution in [0.3, 0.4) is 0 Å². The molecule has 0 radical (unpaired) electrons. The minimum absolute atomic E-state index is 0.0436. The average Bonchev–Trinajstić information content (AvgIpc) is 3.58. The fourth-order valence-corrected chi connectivity index (χ4v) is 7.21. The minimum atomic E-state index is -0.571. The van der Waals surface area contributed by atoms with Crippen molar-refractivity contribution < 1.29 is 23.5 Å².